The molecule has 0 radical (unpaired) electrons. The lowest BCUT2D eigenvalue weighted by Crippen LogP contribution is -1.94. The van der Waals surface area contributed by atoms with Gasteiger partial charge in [-0.15, -0.1) is 0 Å². The summed E-state index contributed by atoms with van der Waals surface area (Å²) in [7, 11) is 0. The van der Waals surface area contributed by atoms with E-state index < -0.39 is 0 Å². The van der Waals surface area contributed by atoms with Gasteiger partial charge in [0.25, 0.3) is 0 Å². The van der Waals surface area contributed by atoms with E-state index in [1.165, 1.54) is 6.08 Å². The van der Waals surface area contributed by atoms with Crippen LogP contribution in [-0.2, 0) is 6.54 Å². The monoisotopic (exact) mass is 151 g/mol. The molecule has 58 valence electrons. The molecule has 0 aliphatic carbocycles. The smallest absolute Gasteiger partial charge is 0.0872 e. The lowest BCUT2D eigenvalue weighted by Gasteiger charge is -1.95. The average Bonchev–Trinajstić information content (AvgIpc) is 2.07. The van der Waals surface area contributed by atoms with Gasteiger partial charge >= 0.3 is 0 Å². The van der Waals surface area contributed by atoms with Crippen LogP contribution >= 0.6 is 0 Å². The highest BCUT2D eigenvalue weighted by Crippen LogP contribution is 2.05. The molecule has 0 amide bonds. The molecule has 0 heterocycles. The fourth-order valence-electron chi connectivity index (χ4n) is 0.838. The summed E-state index contributed by atoms with van der Waals surface area (Å²) in [6.07, 6.45) is 1.93. The van der Waals surface area contributed by atoms with E-state index in [9.17, 15) is 4.39 Å². The van der Waals surface area contributed by atoms with Crippen molar-refractivity contribution in [2.45, 2.75) is 6.54 Å². The molecule has 0 aliphatic rings. The number of hydrogen-bond donors (Lipinski definition) is 1. The molecule has 0 fully saturated rings. The van der Waals surface area contributed by atoms with Crippen molar-refractivity contribution < 1.29 is 4.39 Å². The summed E-state index contributed by atoms with van der Waals surface area (Å²) in [6.45, 7) is 0.527. The van der Waals surface area contributed by atoms with E-state index in [4.69, 9.17) is 5.73 Å². The fraction of sp³-hybridized carbons (Fsp3) is 0.111. The van der Waals surface area contributed by atoms with Crippen LogP contribution in [-0.4, -0.2) is 0 Å². The molecule has 11 heavy (non-hydrogen) atoms. The zero-order valence-electron chi connectivity index (χ0n) is 6.13. The third kappa shape index (κ3) is 2.16. The van der Waals surface area contributed by atoms with Gasteiger partial charge in [0.15, 0.2) is 0 Å². The third-order valence-corrected chi connectivity index (χ3v) is 1.47. The maximum absolute atomic E-state index is 11.7. The number of rotatable bonds is 2. The second kappa shape index (κ2) is 3.88. The minimum atomic E-state index is 0.525. The number of nitrogens with two attached hydrogens (primary N) is 1. The number of benzene rings is 1. The highest BCUT2D eigenvalue weighted by atomic mass is 19.1. The Morgan fingerprint density at radius 3 is 2.36 bits per heavy atom. The standard InChI is InChI=1S/C9H10FN/c10-6-5-8-1-3-9(7-11)4-2-8/h1-6H,7,11H2. The summed E-state index contributed by atoms with van der Waals surface area (Å²) in [5.74, 6) is 0. The Morgan fingerprint density at radius 1 is 1.27 bits per heavy atom. The SMILES string of the molecule is NCc1ccc(C=CF)cc1. The van der Waals surface area contributed by atoms with Crippen LogP contribution in [0.15, 0.2) is 30.6 Å². The summed E-state index contributed by atoms with van der Waals surface area (Å²) in [4.78, 5) is 0. The molecule has 1 aromatic rings. The Balaban J connectivity index is 2.82. The molecule has 2 N–H and O–H groups in total. The van der Waals surface area contributed by atoms with Gasteiger partial charge in [-0.2, -0.15) is 0 Å². The summed E-state index contributed by atoms with van der Waals surface area (Å²) in [5, 5.41) is 0. The molecule has 0 unspecified atom stereocenters. The molecule has 0 saturated heterocycles. The van der Waals surface area contributed by atoms with Crippen LogP contribution in [0.5, 0.6) is 0 Å². The van der Waals surface area contributed by atoms with Gasteiger partial charge in [-0.25, -0.2) is 4.39 Å². The van der Waals surface area contributed by atoms with E-state index in [0.717, 1.165) is 11.1 Å². The van der Waals surface area contributed by atoms with Crippen LogP contribution in [0.3, 0.4) is 0 Å². The van der Waals surface area contributed by atoms with Gasteiger partial charge < -0.3 is 5.73 Å². The van der Waals surface area contributed by atoms with Gasteiger partial charge in [-0.05, 0) is 17.2 Å². The molecule has 2 heteroatoms. The molecule has 0 aromatic heterocycles. The first-order valence-corrected chi connectivity index (χ1v) is 3.42. The van der Waals surface area contributed by atoms with Crippen LogP contribution in [0.4, 0.5) is 4.39 Å². The maximum atomic E-state index is 11.7. The number of hydrogen-bond acceptors (Lipinski definition) is 1. The van der Waals surface area contributed by atoms with Crippen molar-refractivity contribution in [3.05, 3.63) is 41.7 Å². The molecule has 0 bridgehead atoms. The van der Waals surface area contributed by atoms with Crippen molar-refractivity contribution in [2.75, 3.05) is 0 Å². The largest absolute Gasteiger partial charge is 0.326 e. The van der Waals surface area contributed by atoms with E-state index in [1.807, 2.05) is 24.3 Å². The highest BCUT2D eigenvalue weighted by Gasteiger charge is 1.87. The maximum Gasteiger partial charge on any atom is 0.0872 e. The van der Waals surface area contributed by atoms with Crippen LogP contribution in [0, 0.1) is 0 Å². The van der Waals surface area contributed by atoms with E-state index >= 15 is 0 Å². The second-order valence-electron chi connectivity index (χ2n) is 2.24. The quantitative estimate of drug-likeness (QED) is 0.688. The highest BCUT2D eigenvalue weighted by molar-refractivity contribution is 5.48. The zero-order chi connectivity index (χ0) is 8.10. The van der Waals surface area contributed by atoms with E-state index in [0.29, 0.717) is 12.9 Å². The Bertz CT molecular complexity index is 238. The predicted octanol–water partition coefficient (Wildman–Crippen LogP) is 2.09. The van der Waals surface area contributed by atoms with Crippen LogP contribution in [0.2, 0.25) is 0 Å². The first kappa shape index (κ1) is 7.95. The Morgan fingerprint density at radius 2 is 1.91 bits per heavy atom. The van der Waals surface area contributed by atoms with Crippen molar-refractivity contribution in [3.63, 3.8) is 0 Å². The Kier molecular flexibility index (Phi) is 2.81. The lowest BCUT2D eigenvalue weighted by molar-refractivity contribution is 0.727. The van der Waals surface area contributed by atoms with Crippen molar-refractivity contribution in [3.8, 4) is 0 Å². The molecule has 0 spiro atoms. The molecule has 0 aliphatic heterocycles. The minimum Gasteiger partial charge on any atom is -0.326 e. The number of halogens is 1. The average molecular weight is 151 g/mol. The fourth-order valence-corrected chi connectivity index (χ4v) is 0.838. The zero-order valence-corrected chi connectivity index (χ0v) is 6.13. The molecule has 0 atom stereocenters. The van der Waals surface area contributed by atoms with Crippen molar-refractivity contribution in [1.29, 1.82) is 0 Å². The van der Waals surface area contributed by atoms with Gasteiger partial charge in [-0.3, -0.25) is 0 Å². The third-order valence-electron chi connectivity index (χ3n) is 1.47. The summed E-state index contributed by atoms with van der Waals surface area (Å²) in [6, 6.07) is 7.43. The molecule has 1 aromatic carbocycles. The lowest BCUT2D eigenvalue weighted by atomic mass is 10.1. The summed E-state index contributed by atoms with van der Waals surface area (Å²) < 4.78 is 11.7. The first-order valence-electron chi connectivity index (χ1n) is 3.42. The van der Waals surface area contributed by atoms with Crippen LogP contribution in [0.1, 0.15) is 11.1 Å². The van der Waals surface area contributed by atoms with Crippen molar-refractivity contribution in [1.82, 2.24) is 0 Å². The van der Waals surface area contributed by atoms with Gasteiger partial charge in [0, 0.05) is 6.54 Å². The first-order chi connectivity index (χ1) is 5.36. The topological polar surface area (TPSA) is 26.0 Å². The van der Waals surface area contributed by atoms with Crippen LogP contribution < -0.4 is 5.73 Å². The van der Waals surface area contributed by atoms with E-state index in [2.05, 4.69) is 0 Å². The van der Waals surface area contributed by atoms with E-state index in [1.54, 1.807) is 0 Å². The molecular weight excluding hydrogens is 141 g/mol. The van der Waals surface area contributed by atoms with Crippen molar-refractivity contribution in [2.24, 2.45) is 5.73 Å². The van der Waals surface area contributed by atoms with Crippen molar-refractivity contribution >= 4 is 6.08 Å². The van der Waals surface area contributed by atoms with Gasteiger partial charge in [0.2, 0.25) is 0 Å². The Labute approximate surface area is 65.3 Å². The molecule has 1 rings (SSSR count). The van der Waals surface area contributed by atoms with Gasteiger partial charge in [0.1, 0.15) is 0 Å². The van der Waals surface area contributed by atoms with Gasteiger partial charge in [0.05, 0.1) is 6.33 Å². The predicted molar refractivity (Wildman–Crippen MR) is 44.5 cm³/mol. The summed E-state index contributed by atoms with van der Waals surface area (Å²) in [5.41, 5.74) is 7.29. The van der Waals surface area contributed by atoms with E-state index in [-0.39, 0.29) is 0 Å². The van der Waals surface area contributed by atoms with Gasteiger partial charge in [-0.1, -0.05) is 24.3 Å². The normalized spacial score (nSPS) is 10.7. The Hall–Kier alpha value is -1.15. The molecule has 0 saturated carbocycles. The summed E-state index contributed by atoms with van der Waals surface area (Å²) >= 11 is 0. The van der Waals surface area contributed by atoms with Crippen LogP contribution in [0.25, 0.3) is 6.08 Å². The molecule has 1 nitrogen and oxygen atoms in total. The minimum absolute atomic E-state index is 0.525. The second-order valence-corrected chi connectivity index (χ2v) is 2.24. The molecular formula is C9H10FN.